The van der Waals surface area contributed by atoms with Gasteiger partial charge in [-0.15, -0.1) is 0 Å². The molecule has 0 saturated carbocycles. The zero-order valence-electron chi connectivity index (χ0n) is 10.0. The average molecular weight is 226 g/mol. The number of rotatable bonds is 2. The minimum atomic E-state index is -2.18. The second-order valence-corrected chi connectivity index (χ2v) is 8.35. The minimum Gasteiger partial charge on any atom is -0.365 e. The number of nitrogens with one attached hydrogen (secondary N) is 1. The maximum absolute atomic E-state index is 11.8. The van der Waals surface area contributed by atoms with Crippen LogP contribution >= 0.6 is 7.14 Å². The fourth-order valence-electron chi connectivity index (χ4n) is 1.16. The zero-order valence-corrected chi connectivity index (χ0v) is 10.9. The van der Waals surface area contributed by atoms with Crippen LogP contribution in [0, 0.1) is 0 Å². The van der Waals surface area contributed by atoms with Gasteiger partial charge in [0.1, 0.15) is 13.0 Å². The van der Waals surface area contributed by atoms with Crippen LogP contribution in [0.1, 0.15) is 20.8 Å². The van der Waals surface area contributed by atoms with Crippen LogP contribution in [0.15, 0.2) is 18.3 Å². The third kappa shape index (κ3) is 4.05. The molecule has 4 heteroatoms. The molecule has 0 amide bonds. The van der Waals surface area contributed by atoms with Crippen molar-refractivity contribution in [3.8, 4) is 0 Å². The molecule has 1 aromatic rings. The highest BCUT2D eigenvalue weighted by Crippen LogP contribution is 2.34. The molecule has 0 aliphatic rings. The topological polar surface area (TPSA) is 42.0 Å². The Kier molecular flexibility index (Phi) is 3.25. The molecule has 0 aromatic carbocycles. The van der Waals surface area contributed by atoms with E-state index in [4.69, 9.17) is 0 Å². The van der Waals surface area contributed by atoms with Crippen molar-refractivity contribution >= 4 is 18.3 Å². The van der Waals surface area contributed by atoms with Gasteiger partial charge in [0.15, 0.2) is 0 Å². The van der Waals surface area contributed by atoms with Gasteiger partial charge < -0.3 is 9.88 Å². The molecule has 0 aliphatic carbocycles. The van der Waals surface area contributed by atoms with E-state index >= 15 is 0 Å². The maximum Gasteiger partial charge on any atom is 0.126 e. The van der Waals surface area contributed by atoms with Gasteiger partial charge in [-0.25, -0.2) is 4.98 Å². The molecule has 0 saturated heterocycles. The summed E-state index contributed by atoms with van der Waals surface area (Å²) in [6.45, 7) is 9.73. The summed E-state index contributed by atoms with van der Waals surface area (Å²) in [6, 6.07) is 3.75. The SMILES string of the molecule is CC(C)(C)Nc1ccc(P(C)(C)=O)cn1. The summed E-state index contributed by atoms with van der Waals surface area (Å²) >= 11 is 0. The lowest BCUT2D eigenvalue weighted by atomic mass is 10.1. The maximum atomic E-state index is 11.8. The van der Waals surface area contributed by atoms with Crippen LogP contribution in [0.25, 0.3) is 0 Å². The number of nitrogens with zero attached hydrogens (tertiary/aromatic N) is 1. The van der Waals surface area contributed by atoms with Crippen molar-refractivity contribution in [2.24, 2.45) is 0 Å². The zero-order chi connectivity index (χ0) is 11.7. The Labute approximate surface area is 91.7 Å². The van der Waals surface area contributed by atoms with Crippen molar-refractivity contribution in [3.63, 3.8) is 0 Å². The molecule has 0 spiro atoms. The first-order valence-electron chi connectivity index (χ1n) is 4.98. The van der Waals surface area contributed by atoms with Crippen LogP contribution in [-0.4, -0.2) is 23.9 Å². The van der Waals surface area contributed by atoms with E-state index in [9.17, 15) is 4.57 Å². The third-order valence-electron chi connectivity index (χ3n) is 1.87. The second kappa shape index (κ2) is 3.97. The van der Waals surface area contributed by atoms with E-state index in [0.29, 0.717) is 0 Å². The lowest BCUT2D eigenvalue weighted by Crippen LogP contribution is -2.26. The molecule has 1 rings (SSSR count). The van der Waals surface area contributed by atoms with Gasteiger partial charge in [-0.05, 0) is 46.2 Å². The molecule has 84 valence electrons. The average Bonchev–Trinajstić information content (AvgIpc) is 2.00. The Bertz CT molecular complexity index is 373. The van der Waals surface area contributed by atoms with E-state index in [-0.39, 0.29) is 5.54 Å². The van der Waals surface area contributed by atoms with E-state index < -0.39 is 7.14 Å². The quantitative estimate of drug-likeness (QED) is 0.788. The fourth-order valence-corrected chi connectivity index (χ4v) is 1.93. The molecule has 1 N–H and O–H groups in total. The highest BCUT2D eigenvalue weighted by Gasteiger charge is 2.13. The van der Waals surface area contributed by atoms with E-state index in [0.717, 1.165) is 11.1 Å². The lowest BCUT2D eigenvalue weighted by Gasteiger charge is -2.21. The molecule has 15 heavy (non-hydrogen) atoms. The van der Waals surface area contributed by atoms with Crippen LogP contribution in [-0.2, 0) is 4.57 Å². The molecule has 0 unspecified atom stereocenters. The lowest BCUT2D eigenvalue weighted by molar-refractivity contribution is 0.588. The van der Waals surface area contributed by atoms with Gasteiger partial charge in [0.25, 0.3) is 0 Å². The molecule has 3 nitrogen and oxygen atoms in total. The molecule has 1 heterocycles. The Hall–Kier alpha value is -0.820. The van der Waals surface area contributed by atoms with Crippen LogP contribution in [0.2, 0.25) is 0 Å². The molecule has 0 bridgehead atoms. The second-order valence-electron chi connectivity index (χ2n) is 5.13. The normalized spacial score (nSPS) is 12.6. The van der Waals surface area contributed by atoms with Gasteiger partial charge in [0.05, 0.1) is 0 Å². The van der Waals surface area contributed by atoms with Gasteiger partial charge >= 0.3 is 0 Å². The first-order valence-corrected chi connectivity index (χ1v) is 7.58. The Morgan fingerprint density at radius 2 is 1.87 bits per heavy atom. The van der Waals surface area contributed by atoms with E-state index in [1.54, 1.807) is 19.5 Å². The number of anilines is 1. The standard InChI is InChI=1S/C11H19N2OP/c1-11(2,3)13-10-7-6-9(8-12-10)15(4,5)14/h6-8H,1-5H3,(H,12,13). The number of pyridine rings is 1. The highest BCUT2D eigenvalue weighted by atomic mass is 31.2. The van der Waals surface area contributed by atoms with Crippen molar-refractivity contribution < 1.29 is 4.57 Å². The van der Waals surface area contributed by atoms with E-state index in [2.05, 4.69) is 31.1 Å². The van der Waals surface area contributed by atoms with Gasteiger partial charge in [0.2, 0.25) is 0 Å². The van der Waals surface area contributed by atoms with Crippen molar-refractivity contribution in [2.75, 3.05) is 18.6 Å². The first kappa shape index (κ1) is 12.3. The summed E-state index contributed by atoms with van der Waals surface area (Å²) in [5.41, 5.74) is -0.00333. The summed E-state index contributed by atoms with van der Waals surface area (Å²) in [4.78, 5) is 4.25. The summed E-state index contributed by atoms with van der Waals surface area (Å²) in [5, 5.41) is 4.08. The third-order valence-corrected chi connectivity index (χ3v) is 3.38. The Morgan fingerprint density at radius 3 is 2.20 bits per heavy atom. The van der Waals surface area contributed by atoms with Gasteiger partial charge in [-0.1, -0.05) is 0 Å². The minimum absolute atomic E-state index is 0.00333. The Balaban J connectivity index is 2.87. The van der Waals surface area contributed by atoms with Crippen molar-refractivity contribution in [2.45, 2.75) is 26.3 Å². The molecule has 0 atom stereocenters. The van der Waals surface area contributed by atoms with Crippen LogP contribution in [0.4, 0.5) is 5.82 Å². The summed E-state index contributed by atoms with van der Waals surface area (Å²) in [7, 11) is -2.18. The molecule has 1 aromatic heterocycles. The van der Waals surface area contributed by atoms with Crippen molar-refractivity contribution in [1.29, 1.82) is 0 Å². The van der Waals surface area contributed by atoms with Crippen LogP contribution < -0.4 is 10.6 Å². The predicted octanol–water partition coefficient (Wildman–Crippen LogP) is 2.54. The van der Waals surface area contributed by atoms with Gasteiger partial charge in [0, 0.05) is 17.0 Å². The van der Waals surface area contributed by atoms with Crippen LogP contribution in [0.5, 0.6) is 0 Å². The van der Waals surface area contributed by atoms with Gasteiger partial charge in [-0.3, -0.25) is 0 Å². The summed E-state index contributed by atoms with van der Waals surface area (Å²) < 4.78 is 11.8. The van der Waals surface area contributed by atoms with Gasteiger partial charge in [-0.2, -0.15) is 0 Å². The molecule has 0 fully saturated rings. The molecular formula is C11H19N2OP. The summed E-state index contributed by atoms with van der Waals surface area (Å²) in [5.74, 6) is 0.819. The van der Waals surface area contributed by atoms with Crippen molar-refractivity contribution in [3.05, 3.63) is 18.3 Å². The summed E-state index contributed by atoms with van der Waals surface area (Å²) in [6.07, 6.45) is 1.69. The van der Waals surface area contributed by atoms with Crippen LogP contribution in [0.3, 0.4) is 0 Å². The fraction of sp³-hybridized carbons (Fsp3) is 0.545. The highest BCUT2D eigenvalue weighted by molar-refractivity contribution is 7.70. The monoisotopic (exact) mass is 226 g/mol. The van der Waals surface area contributed by atoms with E-state index in [1.165, 1.54) is 0 Å². The smallest absolute Gasteiger partial charge is 0.126 e. The molecule has 0 radical (unpaired) electrons. The number of aromatic nitrogens is 1. The first-order chi connectivity index (χ1) is 6.68. The molecule has 0 aliphatic heterocycles. The predicted molar refractivity (Wildman–Crippen MR) is 66.7 cm³/mol. The molecular weight excluding hydrogens is 207 g/mol. The number of hydrogen-bond donors (Lipinski definition) is 1. The number of hydrogen-bond acceptors (Lipinski definition) is 3. The Morgan fingerprint density at radius 1 is 1.27 bits per heavy atom. The van der Waals surface area contributed by atoms with E-state index in [1.807, 2.05) is 12.1 Å². The largest absolute Gasteiger partial charge is 0.365 e. The van der Waals surface area contributed by atoms with Crippen molar-refractivity contribution in [1.82, 2.24) is 4.98 Å².